The molecule has 1 aliphatic heterocycles. The molecule has 1 fully saturated rings. The molecule has 0 spiro atoms. The number of carbonyl (C=O) groups excluding carboxylic acids is 1. The van der Waals surface area contributed by atoms with Gasteiger partial charge in [-0.05, 0) is 6.42 Å². The second kappa shape index (κ2) is 8.11. The van der Waals surface area contributed by atoms with Gasteiger partial charge in [-0.3, -0.25) is 9.59 Å². The number of likely N-dealkylation sites (tertiary alicyclic amines) is 1. The summed E-state index contributed by atoms with van der Waals surface area (Å²) < 4.78 is 0. The summed E-state index contributed by atoms with van der Waals surface area (Å²) in [5, 5.41) is 8.61. The molecule has 0 aromatic carbocycles. The van der Waals surface area contributed by atoms with Crippen molar-refractivity contribution in [1.82, 2.24) is 4.90 Å². The highest BCUT2D eigenvalue weighted by molar-refractivity contribution is 5.77. The summed E-state index contributed by atoms with van der Waals surface area (Å²) in [5.41, 5.74) is 0. The summed E-state index contributed by atoms with van der Waals surface area (Å²) in [7, 11) is 0. The van der Waals surface area contributed by atoms with Gasteiger partial charge in [0.05, 0.1) is 6.42 Å². The second-order valence-electron chi connectivity index (χ2n) is 5.28. The van der Waals surface area contributed by atoms with Crippen LogP contribution in [0.1, 0.15) is 58.3 Å². The van der Waals surface area contributed by atoms with Gasteiger partial charge >= 0.3 is 5.97 Å². The molecule has 1 saturated heterocycles. The summed E-state index contributed by atoms with van der Waals surface area (Å²) >= 11 is 0. The Kier molecular flexibility index (Phi) is 6.76. The Bertz CT molecular complexity index is 272. The molecule has 1 aliphatic rings. The minimum Gasteiger partial charge on any atom is -0.481 e. The van der Waals surface area contributed by atoms with Gasteiger partial charge in [0.2, 0.25) is 5.91 Å². The number of aliphatic carboxylic acids is 1. The topological polar surface area (TPSA) is 57.6 Å². The smallest absolute Gasteiger partial charge is 0.303 e. The number of carboxylic acid groups (broad SMARTS) is 1. The van der Waals surface area contributed by atoms with Crippen molar-refractivity contribution < 1.29 is 14.7 Å². The number of rotatable bonds is 9. The van der Waals surface area contributed by atoms with Crippen molar-refractivity contribution in [3.63, 3.8) is 0 Å². The third kappa shape index (κ3) is 5.52. The van der Waals surface area contributed by atoms with E-state index >= 15 is 0 Å². The predicted molar refractivity (Wildman–Crippen MR) is 70.3 cm³/mol. The van der Waals surface area contributed by atoms with Gasteiger partial charge in [-0.25, -0.2) is 0 Å². The molecule has 0 radical (unpaired) electrons. The lowest BCUT2D eigenvalue weighted by Crippen LogP contribution is -2.50. The highest BCUT2D eigenvalue weighted by Gasteiger charge is 2.31. The molecule has 0 aromatic rings. The van der Waals surface area contributed by atoms with Crippen molar-refractivity contribution >= 4 is 11.9 Å². The SMILES string of the molecule is CCCCCCCCC(=O)N1CC(CC(=O)O)C1. The summed E-state index contributed by atoms with van der Waals surface area (Å²) in [6.45, 7) is 3.48. The van der Waals surface area contributed by atoms with Crippen molar-refractivity contribution in [1.29, 1.82) is 0 Å². The molecule has 1 N–H and O–H groups in total. The number of carboxylic acids is 1. The lowest BCUT2D eigenvalue weighted by Gasteiger charge is -2.38. The largest absolute Gasteiger partial charge is 0.481 e. The Morgan fingerprint density at radius 2 is 1.72 bits per heavy atom. The maximum absolute atomic E-state index is 11.7. The van der Waals surface area contributed by atoms with E-state index in [0.717, 1.165) is 12.8 Å². The molecule has 4 nitrogen and oxygen atoms in total. The number of carbonyl (C=O) groups is 2. The molecule has 1 rings (SSSR count). The number of nitrogens with zero attached hydrogens (tertiary/aromatic N) is 1. The van der Waals surface area contributed by atoms with E-state index in [0.29, 0.717) is 19.5 Å². The first-order chi connectivity index (χ1) is 8.63. The Morgan fingerprint density at radius 1 is 1.11 bits per heavy atom. The Morgan fingerprint density at radius 3 is 2.33 bits per heavy atom. The maximum atomic E-state index is 11.7. The normalized spacial score (nSPS) is 15.5. The highest BCUT2D eigenvalue weighted by Crippen LogP contribution is 2.20. The standard InChI is InChI=1S/C14H25NO3/c1-2-3-4-5-6-7-8-13(16)15-10-12(11-15)9-14(17)18/h12H,2-11H2,1H3,(H,17,18). The van der Waals surface area contributed by atoms with Gasteiger partial charge in [0.1, 0.15) is 0 Å². The molecule has 0 aromatic heterocycles. The van der Waals surface area contributed by atoms with Gasteiger partial charge in [-0.2, -0.15) is 0 Å². The fourth-order valence-corrected chi connectivity index (χ4v) is 2.36. The van der Waals surface area contributed by atoms with E-state index in [2.05, 4.69) is 6.92 Å². The molecular formula is C14H25NO3. The summed E-state index contributed by atoms with van der Waals surface area (Å²) in [6, 6.07) is 0. The summed E-state index contributed by atoms with van der Waals surface area (Å²) in [5.74, 6) is -0.383. The molecule has 1 amide bonds. The van der Waals surface area contributed by atoms with Crippen LogP contribution in [-0.4, -0.2) is 35.0 Å². The van der Waals surface area contributed by atoms with E-state index in [-0.39, 0.29) is 18.2 Å². The van der Waals surface area contributed by atoms with Crippen molar-refractivity contribution in [3.05, 3.63) is 0 Å². The van der Waals surface area contributed by atoms with Crippen molar-refractivity contribution in [2.24, 2.45) is 5.92 Å². The molecular weight excluding hydrogens is 230 g/mol. The average Bonchev–Trinajstić information content (AvgIpc) is 2.27. The van der Waals surface area contributed by atoms with Gasteiger partial charge in [0.15, 0.2) is 0 Å². The van der Waals surface area contributed by atoms with Gasteiger partial charge in [0, 0.05) is 25.4 Å². The first-order valence-corrected chi connectivity index (χ1v) is 7.13. The lowest BCUT2D eigenvalue weighted by atomic mass is 9.95. The van der Waals surface area contributed by atoms with Crippen LogP contribution in [0.5, 0.6) is 0 Å². The first kappa shape index (κ1) is 15.0. The monoisotopic (exact) mass is 255 g/mol. The first-order valence-electron chi connectivity index (χ1n) is 7.13. The molecule has 0 unspecified atom stereocenters. The zero-order valence-corrected chi connectivity index (χ0v) is 11.4. The van der Waals surface area contributed by atoms with Crippen molar-refractivity contribution in [2.75, 3.05) is 13.1 Å². The molecule has 0 aliphatic carbocycles. The van der Waals surface area contributed by atoms with Gasteiger partial charge in [-0.15, -0.1) is 0 Å². The predicted octanol–water partition coefficient (Wildman–Crippen LogP) is 2.67. The second-order valence-corrected chi connectivity index (χ2v) is 5.28. The number of amides is 1. The van der Waals surface area contributed by atoms with Crippen LogP contribution in [0.3, 0.4) is 0 Å². The van der Waals surface area contributed by atoms with E-state index in [1.165, 1.54) is 25.7 Å². The van der Waals surface area contributed by atoms with Crippen LogP contribution in [0.2, 0.25) is 0 Å². The average molecular weight is 255 g/mol. The van der Waals surface area contributed by atoms with Gasteiger partial charge < -0.3 is 10.0 Å². The third-order valence-corrected chi connectivity index (χ3v) is 3.52. The molecule has 0 bridgehead atoms. The van der Waals surface area contributed by atoms with E-state index in [4.69, 9.17) is 5.11 Å². The van der Waals surface area contributed by atoms with Crippen LogP contribution < -0.4 is 0 Å². The van der Waals surface area contributed by atoms with Crippen LogP contribution in [0.4, 0.5) is 0 Å². The van der Waals surface area contributed by atoms with Crippen LogP contribution in [0.25, 0.3) is 0 Å². The van der Waals surface area contributed by atoms with E-state index < -0.39 is 5.97 Å². The zero-order chi connectivity index (χ0) is 13.4. The minimum atomic E-state index is -0.761. The van der Waals surface area contributed by atoms with Gasteiger partial charge in [-0.1, -0.05) is 39.0 Å². The Labute approximate surface area is 109 Å². The van der Waals surface area contributed by atoms with Crippen molar-refractivity contribution in [2.45, 2.75) is 58.3 Å². The third-order valence-electron chi connectivity index (χ3n) is 3.52. The fraction of sp³-hybridized carbons (Fsp3) is 0.857. The van der Waals surface area contributed by atoms with Crippen LogP contribution in [-0.2, 0) is 9.59 Å². The number of hydrogen-bond donors (Lipinski definition) is 1. The zero-order valence-electron chi connectivity index (χ0n) is 11.4. The molecule has 1 heterocycles. The molecule has 0 saturated carbocycles. The molecule has 0 atom stereocenters. The summed E-state index contributed by atoms with van der Waals surface area (Å²) in [6.07, 6.45) is 7.97. The quantitative estimate of drug-likeness (QED) is 0.644. The lowest BCUT2D eigenvalue weighted by molar-refractivity contribution is -0.145. The molecule has 104 valence electrons. The fourth-order valence-electron chi connectivity index (χ4n) is 2.36. The molecule has 18 heavy (non-hydrogen) atoms. The van der Waals surface area contributed by atoms with Gasteiger partial charge in [0.25, 0.3) is 0 Å². The Balaban J connectivity index is 1.97. The van der Waals surface area contributed by atoms with Crippen LogP contribution in [0, 0.1) is 5.92 Å². The van der Waals surface area contributed by atoms with E-state index in [1.54, 1.807) is 4.90 Å². The van der Waals surface area contributed by atoms with Crippen molar-refractivity contribution in [3.8, 4) is 0 Å². The number of unbranched alkanes of at least 4 members (excludes halogenated alkanes) is 5. The van der Waals surface area contributed by atoms with E-state index in [1.807, 2.05) is 0 Å². The van der Waals surface area contributed by atoms with Crippen LogP contribution in [0.15, 0.2) is 0 Å². The van der Waals surface area contributed by atoms with Crippen LogP contribution >= 0.6 is 0 Å². The van der Waals surface area contributed by atoms with E-state index in [9.17, 15) is 9.59 Å². The maximum Gasteiger partial charge on any atom is 0.303 e. The Hall–Kier alpha value is -1.06. The highest BCUT2D eigenvalue weighted by atomic mass is 16.4. The minimum absolute atomic E-state index is 0.177. The molecule has 4 heteroatoms. The number of hydrogen-bond acceptors (Lipinski definition) is 2. The summed E-state index contributed by atoms with van der Waals surface area (Å²) in [4.78, 5) is 24.0.